The number of amides is 1. The highest BCUT2D eigenvalue weighted by Gasteiger charge is 2.13. The third-order valence-corrected chi connectivity index (χ3v) is 3.17. The molecular weight excluding hydrogens is 268 g/mol. The van der Waals surface area contributed by atoms with E-state index in [4.69, 9.17) is 0 Å². The number of rotatable bonds is 2. The number of nitrogens with one attached hydrogen (secondary N) is 1. The Labute approximate surface area is 121 Å². The van der Waals surface area contributed by atoms with Gasteiger partial charge in [0.1, 0.15) is 11.4 Å². The van der Waals surface area contributed by atoms with E-state index in [0.717, 1.165) is 11.3 Å². The Bertz CT molecular complexity index is 839. The number of hydrogen-bond donors (Lipinski definition) is 2. The molecule has 2 N–H and O–H groups in total. The zero-order valence-electron chi connectivity index (χ0n) is 11.7. The van der Waals surface area contributed by atoms with Gasteiger partial charge in [-0.05, 0) is 43.7 Å². The summed E-state index contributed by atoms with van der Waals surface area (Å²) in [5.74, 6) is -0.112. The Morgan fingerprint density at radius 3 is 2.81 bits per heavy atom. The number of hydrogen-bond acceptors (Lipinski definition) is 4. The number of carbonyl (C=O) groups excluding carboxylic acids is 1. The van der Waals surface area contributed by atoms with Crippen LogP contribution in [0.2, 0.25) is 0 Å². The number of nitrogens with zero attached hydrogens (tertiary/aromatic N) is 3. The van der Waals surface area contributed by atoms with Gasteiger partial charge in [0.15, 0.2) is 5.65 Å². The van der Waals surface area contributed by atoms with Crippen molar-refractivity contribution < 1.29 is 9.90 Å². The van der Waals surface area contributed by atoms with Crippen molar-refractivity contribution in [3.63, 3.8) is 0 Å². The molecule has 0 saturated heterocycles. The van der Waals surface area contributed by atoms with E-state index in [1.165, 1.54) is 10.6 Å². The lowest BCUT2D eigenvalue weighted by Crippen LogP contribution is -2.17. The molecule has 0 radical (unpaired) electrons. The van der Waals surface area contributed by atoms with Crippen molar-refractivity contribution in [1.29, 1.82) is 0 Å². The fraction of sp³-hybridized carbons (Fsp3) is 0.133. The van der Waals surface area contributed by atoms with E-state index in [9.17, 15) is 9.90 Å². The van der Waals surface area contributed by atoms with Crippen molar-refractivity contribution in [2.75, 3.05) is 5.32 Å². The van der Waals surface area contributed by atoms with Crippen molar-refractivity contribution in [1.82, 2.24) is 14.6 Å². The van der Waals surface area contributed by atoms with Gasteiger partial charge < -0.3 is 10.4 Å². The van der Waals surface area contributed by atoms with E-state index in [0.29, 0.717) is 17.0 Å². The maximum atomic E-state index is 12.4. The van der Waals surface area contributed by atoms with Crippen molar-refractivity contribution >= 4 is 17.2 Å². The molecule has 106 valence electrons. The number of anilines is 1. The first-order valence-electron chi connectivity index (χ1n) is 6.47. The lowest BCUT2D eigenvalue weighted by molar-refractivity contribution is 0.101. The Morgan fingerprint density at radius 2 is 2.05 bits per heavy atom. The third kappa shape index (κ3) is 2.43. The van der Waals surface area contributed by atoms with Crippen LogP contribution in [-0.4, -0.2) is 25.6 Å². The van der Waals surface area contributed by atoms with Crippen LogP contribution in [0.3, 0.4) is 0 Å². The first-order valence-corrected chi connectivity index (χ1v) is 6.47. The van der Waals surface area contributed by atoms with Crippen LogP contribution in [0.5, 0.6) is 5.75 Å². The van der Waals surface area contributed by atoms with Crippen LogP contribution in [0.1, 0.15) is 21.7 Å². The van der Waals surface area contributed by atoms with Gasteiger partial charge in [0, 0.05) is 18.0 Å². The molecule has 2 aromatic heterocycles. The van der Waals surface area contributed by atoms with Gasteiger partial charge in [0.2, 0.25) is 0 Å². The average molecular weight is 282 g/mol. The van der Waals surface area contributed by atoms with Crippen LogP contribution < -0.4 is 5.32 Å². The molecule has 0 atom stereocenters. The van der Waals surface area contributed by atoms with Crippen LogP contribution in [0.25, 0.3) is 5.65 Å². The fourth-order valence-electron chi connectivity index (χ4n) is 2.16. The van der Waals surface area contributed by atoms with Crippen molar-refractivity contribution in [3.05, 3.63) is 53.5 Å². The molecule has 6 heteroatoms. The predicted molar refractivity (Wildman–Crippen MR) is 78.5 cm³/mol. The zero-order valence-corrected chi connectivity index (χ0v) is 11.7. The molecule has 0 aliphatic rings. The summed E-state index contributed by atoms with van der Waals surface area (Å²) in [6, 6.07) is 8.21. The Kier molecular flexibility index (Phi) is 3.06. The van der Waals surface area contributed by atoms with Gasteiger partial charge in [0.05, 0.1) is 5.69 Å². The van der Waals surface area contributed by atoms with Gasteiger partial charge in [-0.15, -0.1) is 0 Å². The molecule has 0 aliphatic carbocycles. The second kappa shape index (κ2) is 4.90. The minimum Gasteiger partial charge on any atom is -0.508 e. The van der Waals surface area contributed by atoms with Crippen molar-refractivity contribution in [2.45, 2.75) is 13.8 Å². The SMILES string of the molecule is Cc1cc2nccc(C(=O)Nc3ccc(O)cc3C)n2n1. The first kappa shape index (κ1) is 13.1. The molecule has 0 fully saturated rings. The number of aromatic nitrogens is 3. The van der Waals surface area contributed by atoms with Crippen LogP contribution in [0, 0.1) is 13.8 Å². The Morgan fingerprint density at radius 1 is 1.24 bits per heavy atom. The third-order valence-electron chi connectivity index (χ3n) is 3.17. The monoisotopic (exact) mass is 282 g/mol. The van der Waals surface area contributed by atoms with Gasteiger partial charge in [-0.1, -0.05) is 0 Å². The van der Waals surface area contributed by atoms with Gasteiger partial charge in [0.25, 0.3) is 5.91 Å². The summed E-state index contributed by atoms with van der Waals surface area (Å²) < 4.78 is 1.51. The predicted octanol–water partition coefficient (Wildman–Crippen LogP) is 2.30. The van der Waals surface area contributed by atoms with E-state index in [1.807, 2.05) is 19.9 Å². The molecule has 2 heterocycles. The minimum atomic E-state index is -0.278. The molecule has 3 aromatic rings. The smallest absolute Gasteiger partial charge is 0.274 e. The summed E-state index contributed by atoms with van der Waals surface area (Å²) in [7, 11) is 0. The van der Waals surface area contributed by atoms with Crippen LogP contribution in [-0.2, 0) is 0 Å². The summed E-state index contributed by atoms with van der Waals surface area (Å²) >= 11 is 0. The molecule has 0 aliphatic heterocycles. The highest BCUT2D eigenvalue weighted by molar-refractivity contribution is 6.03. The van der Waals surface area contributed by atoms with Crippen LogP contribution in [0.4, 0.5) is 5.69 Å². The summed E-state index contributed by atoms with van der Waals surface area (Å²) in [6.07, 6.45) is 1.58. The molecule has 0 unspecified atom stereocenters. The second-order valence-corrected chi connectivity index (χ2v) is 4.84. The second-order valence-electron chi connectivity index (χ2n) is 4.84. The summed E-state index contributed by atoms with van der Waals surface area (Å²) in [5.41, 5.74) is 3.25. The van der Waals surface area contributed by atoms with E-state index in [1.54, 1.807) is 24.4 Å². The zero-order chi connectivity index (χ0) is 15.0. The maximum absolute atomic E-state index is 12.4. The first-order chi connectivity index (χ1) is 10.0. The summed E-state index contributed by atoms with van der Waals surface area (Å²) in [5, 5.41) is 16.5. The Balaban J connectivity index is 1.97. The minimum absolute atomic E-state index is 0.166. The van der Waals surface area contributed by atoms with E-state index < -0.39 is 0 Å². The number of carbonyl (C=O) groups is 1. The van der Waals surface area contributed by atoms with Crippen LogP contribution >= 0.6 is 0 Å². The largest absolute Gasteiger partial charge is 0.508 e. The molecular formula is C15H14N4O2. The molecule has 0 spiro atoms. The number of phenolic OH excluding ortho intramolecular Hbond substituents is 1. The van der Waals surface area contributed by atoms with E-state index >= 15 is 0 Å². The average Bonchev–Trinajstić information content (AvgIpc) is 2.81. The lowest BCUT2D eigenvalue weighted by Gasteiger charge is -2.09. The van der Waals surface area contributed by atoms with Gasteiger partial charge in [-0.3, -0.25) is 4.79 Å². The highest BCUT2D eigenvalue weighted by Crippen LogP contribution is 2.20. The fourth-order valence-corrected chi connectivity index (χ4v) is 2.16. The van der Waals surface area contributed by atoms with Gasteiger partial charge in [-0.2, -0.15) is 5.10 Å². The number of fused-ring (bicyclic) bond motifs is 1. The van der Waals surface area contributed by atoms with Crippen molar-refractivity contribution in [2.24, 2.45) is 0 Å². The normalized spacial score (nSPS) is 10.8. The van der Waals surface area contributed by atoms with Gasteiger partial charge >= 0.3 is 0 Å². The lowest BCUT2D eigenvalue weighted by atomic mass is 10.2. The molecule has 6 nitrogen and oxygen atoms in total. The van der Waals surface area contributed by atoms with Gasteiger partial charge in [-0.25, -0.2) is 9.50 Å². The highest BCUT2D eigenvalue weighted by atomic mass is 16.3. The standard InChI is InChI=1S/C15H14N4O2/c1-9-7-11(20)3-4-12(9)17-15(21)13-5-6-16-14-8-10(2)18-19(13)14/h3-8,20H,1-2H3,(H,17,21). The molecule has 3 rings (SSSR count). The molecule has 0 bridgehead atoms. The number of benzene rings is 1. The molecule has 21 heavy (non-hydrogen) atoms. The van der Waals surface area contributed by atoms with Crippen LogP contribution in [0.15, 0.2) is 36.5 Å². The summed E-state index contributed by atoms with van der Waals surface area (Å²) in [6.45, 7) is 3.66. The molecule has 0 saturated carbocycles. The summed E-state index contributed by atoms with van der Waals surface area (Å²) in [4.78, 5) is 16.6. The topological polar surface area (TPSA) is 79.5 Å². The number of aryl methyl sites for hydroxylation is 2. The van der Waals surface area contributed by atoms with Crippen molar-refractivity contribution in [3.8, 4) is 5.75 Å². The van der Waals surface area contributed by atoms with E-state index in [2.05, 4.69) is 15.4 Å². The Hall–Kier alpha value is -2.89. The maximum Gasteiger partial charge on any atom is 0.274 e. The van der Waals surface area contributed by atoms with E-state index in [-0.39, 0.29) is 11.7 Å². The molecule has 1 amide bonds. The quantitative estimate of drug-likeness (QED) is 0.707. The number of aromatic hydroxyl groups is 1. The number of phenols is 1. The molecule has 1 aromatic carbocycles.